The molecular formula is C9H8ClF3OS. The summed E-state index contributed by atoms with van der Waals surface area (Å²) in [4.78, 5) is 0.350. The van der Waals surface area contributed by atoms with Crippen molar-refractivity contribution >= 4 is 23.4 Å². The smallest absolute Gasteiger partial charge is 0.418 e. The predicted molar refractivity (Wildman–Crippen MR) is 54.8 cm³/mol. The maximum absolute atomic E-state index is 12.5. The van der Waals surface area contributed by atoms with Crippen LogP contribution in [-0.4, -0.2) is 13.4 Å². The van der Waals surface area contributed by atoms with Gasteiger partial charge in [-0.1, -0.05) is 11.6 Å². The summed E-state index contributed by atoms with van der Waals surface area (Å²) in [6, 6.07) is 2.37. The fourth-order valence-electron chi connectivity index (χ4n) is 1.05. The molecular weight excluding hydrogens is 249 g/mol. The minimum atomic E-state index is -4.46. The number of hydrogen-bond acceptors (Lipinski definition) is 2. The van der Waals surface area contributed by atoms with Gasteiger partial charge in [-0.15, -0.1) is 11.8 Å². The molecule has 0 saturated heterocycles. The summed E-state index contributed by atoms with van der Waals surface area (Å²) in [7, 11) is 1.31. The van der Waals surface area contributed by atoms with Crippen molar-refractivity contribution in [3.8, 4) is 5.75 Å². The Labute approximate surface area is 94.6 Å². The van der Waals surface area contributed by atoms with Gasteiger partial charge in [-0.05, 0) is 18.4 Å². The molecule has 0 saturated carbocycles. The summed E-state index contributed by atoms with van der Waals surface area (Å²) in [6.45, 7) is 0. The van der Waals surface area contributed by atoms with Crippen molar-refractivity contribution in [2.75, 3.05) is 13.4 Å². The van der Waals surface area contributed by atoms with E-state index in [1.165, 1.54) is 13.2 Å². The zero-order valence-electron chi connectivity index (χ0n) is 7.98. The highest BCUT2D eigenvalue weighted by Crippen LogP contribution is 2.41. The van der Waals surface area contributed by atoms with Gasteiger partial charge in [0, 0.05) is 4.90 Å². The highest BCUT2D eigenvalue weighted by atomic mass is 35.5. The fourth-order valence-corrected chi connectivity index (χ4v) is 2.02. The second-order valence-corrected chi connectivity index (χ2v) is 3.91. The van der Waals surface area contributed by atoms with E-state index in [9.17, 15) is 13.2 Å². The number of alkyl halides is 3. The number of rotatable bonds is 2. The van der Waals surface area contributed by atoms with Gasteiger partial charge in [0.15, 0.2) is 0 Å². The molecule has 0 N–H and O–H groups in total. The average molecular weight is 257 g/mol. The van der Waals surface area contributed by atoms with Crippen LogP contribution in [0.1, 0.15) is 5.56 Å². The third-order valence-corrected chi connectivity index (χ3v) is 3.05. The lowest BCUT2D eigenvalue weighted by molar-refractivity contribution is -0.137. The molecule has 0 amide bonds. The van der Waals surface area contributed by atoms with Gasteiger partial charge in [0.05, 0.1) is 17.7 Å². The first-order chi connectivity index (χ1) is 6.90. The Kier molecular flexibility index (Phi) is 3.78. The van der Waals surface area contributed by atoms with Crippen LogP contribution in [0.5, 0.6) is 5.75 Å². The summed E-state index contributed by atoms with van der Waals surface area (Å²) in [5.74, 6) is 0.149. The van der Waals surface area contributed by atoms with Crippen molar-refractivity contribution in [1.82, 2.24) is 0 Å². The Bertz CT molecular complexity index is 365. The van der Waals surface area contributed by atoms with Crippen LogP contribution in [0.15, 0.2) is 17.0 Å². The minimum Gasteiger partial charge on any atom is -0.497 e. The third-order valence-electron chi connectivity index (χ3n) is 1.77. The van der Waals surface area contributed by atoms with Crippen LogP contribution in [0.3, 0.4) is 0 Å². The van der Waals surface area contributed by atoms with E-state index in [2.05, 4.69) is 0 Å². The van der Waals surface area contributed by atoms with E-state index in [4.69, 9.17) is 16.3 Å². The lowest BCUT2D eigenvalue weighted by Crippen LogP contribution is -2.06. The van der Waals surface area contributed by atoms with E-state index in [0.29, 0.717) is 4.90 Å². The van der Waals surface area contributed by atoms with Crippen molar-refractivity contribution in [3.63, 3.8) is 0 Å². The van der Waals surface area contributed by atoms with Gasteiger partial charge in [0.2, 0.25) is 0 Å². The Balaban J connectivity index is 3.37. The Morgan fingerprint density at radius 2 is 1.93 bits per heavy atom. The first kappa shape index (κ1) is 12.5. The van der Waals surface area contributed by atoms with Crippen molar-refractivity contribution in [3.05, 3.63) is 22.7 Å². The Hall–Kier alpha value is -0.550. The van der Waals surface area contributed by atoms with E-state index in [-0.39, 0.29) is 10.8 Å². The molecule has 1 nitrogen and oxygen atoms in total. The molecule has 0 unspecified atom stereocenters. The van der Waals surface area contributed by atoms with Gasteiger partial charge >= 0.3 is 6.18 Å². The van der Waals surface area contributed by atoms with Gasteiger partial charge in [-0.3, -0.25) is 0 Å². The normalized spacial score (nSPS) is 11.6. The van der Waals surface area contributed by atoms with Gasteiger partial charge in [0.25, 0.3) is 0 Å². The monoisotopic (exact) mass is 256 g/mol. The summed E-state index contributed by atoms with van der Waals surface area (Å²) < 4.78 is 42.4. The lowest BCUT2D eigenvalue weighted by Gasteiger charge is -2.13. The van der Waals surface area contributed by atoms with Crippen LogP contribution in [-0.2, 0) is 6.18 Å². The summed E-state index contributed by atoms with van der Waals surface area (Å²) in [6.07, 6.45) is -2.81. The number of hydrogen-bond donors (Lipinski definition) is 0. The van der Waals surface area contributed by atoms with Gasteiger partial charge in [0.1, 0.15) is 5.75 Å². The highest BCUT2D eigenvalue weighted by Gasteiger charge is 2.34. The first-order valence-electron chi connectivity index (χ1n) is 3.89. The molecule has 0 fully saturated rings. The fraction of sp³-hybridized carbons (Fsp3) is 0.333. The van der Waals surface area contributed by atoms with Crippen LogP contribution in [0.25, 0.3) is 0 Å². The van der Waals surface area contributed by atoms with Gasteiger partial charge in [-0.2, -0.15) is 13.2 Å². The Morgan fingerprint density at radius 3 is 2.33 bits per heavy atom. The predicted octanol–water partition coefficient (Wildman–Crippen LogP) is 4.09. The van der Waals surface area contributed by atoms with Crippen LogP contribution in [0.4, 0.5) is 13.2 Å². The van der Waals surface area contributed by atoms with Crippen LogP contribution >= 0.6 is 23.4 Å². The van der Waals surface area contributed by atoms with Crippen LogP contribution < -0.4 is 4.74 Å². The van der Waals surface area contributed by atoms with E-state index in [0.717, 1.165) is 17.8 Å². The molecule has 0 aliphatic heterocycles. The SMILES string of the molecule is COc1cc(SC)c(Cl)c(C(F)(F)F)c1. The largest absolute Gasteiger partial charge is 0.497 e. The number of benzene rings is 1. The van der Waals surface area contributed by atoms with Crippen molar-refractivity contribution < 1.29 is 17.9 Å². The lowest BCUT2D eigenvalue weighted by atomic mass is 10.2. The molecule has 15 heavy (non-hydrogen) atoms. The number of thioether (sulfide) groups is 1. The van der Waals surface area contributed by atoms with E-state index in [1.54, 1.807) is 6.26 Å². The number of halogens is 4. The summed E-state index contributed by atoms with van der Waals surface area (Å²) in [5.41, 5.74) is -0.868. The Morgan fingerprint density at radius 1 is 1.33 bits per heavy atom. The molecule has 0 aliphatic carbocycles. The van der Waals surface area contributed by atoms with Crippen LogP contribution in [0.2, 0.25) is 5.02 Å². The van der Waals surface area contributed by atoms with Gasteiger partial charge in [-0.25, -0.2) is 0 Å². The third kappa shape index (κ3) is 2.72. The molecule has 0 atom stereocenters. The summed E-state index contributed by atoms with van der Waals surface area (Å²) >= 11 is 6.77. The zero-order valence-corrected chi connectivity index (χ0v) is 9.56. The second-order valence-electron chi connectivity index (χ2n) is 2.69. The molecule has 6 heteroatoms. The maximum Gasteiger partial charge on any atom is 0.418 e. The highest BCUT2D eigenvalue weighted by molar-refractivity contribution is 7.98. The molecule has 0 aliphatic rings. The molecule has 84 valence electrons. The first-order valence-corrected chi connectivity index (χ1v) is 5.49. The second kappa shape index (κ2) is 4.53. The van der Waals surface area contributed by atoms with E-state index >= 15 is 0 Å². The minimum absolute atomic E-state index is 0.149. The standard InChI is InChI=1S/C9H8ClF3OS/c1-14-5-3-6(9(11,12)13)8(10)7(4-5)15-2/h3-4H,1-2H3. The quantitative estimate of drug-likeness (QED) is 0.737. The van der Waals surface area contributed by atoms with E-state index in [1.807, 2.05) is 0 Å². The number of methoxy groups -OCH3 is 1. The van der Waals surface area contributed by atoms with Crippen molar-refractivity contribution in [1.29, 1.82) is 0 Å². The molecule has 0 aromatic heterocycles. The molecule has 0 radical (unpaired) electrons. The molecule has 1 aromatic rings. The van der Waals surface area contributed by atoms with Crippen LogP contribution in [0, 0.1) is 0 Å². The molecule has 0 heterocycles. The maximum atomic E-state index is 12.5. The molecule has 1 aromatic carbocycles. The average Bonchev–Trinajstić information content (AvgIpc) is 2.16. The van der Waals surface area contributed by atoms with Crippen molar-refractivity contribution in [2.45, 2.75) is 11.1 Å². The molecule has 0 spiro atoms. The van der Waals surface area contributed by atoms with E-state index < -0.39 is 11.7 Å². The molecule has 1 rings (SSSR count). The van der Waals surface area contributed by atoms with Gasteiger partial charge < -0.3 is 4.74 Å². The number of ether oxygens (including phenoxy) is 1. The topological polar surface area (TPSA) is 9.23 Å². The van der Waals surface area contributed by atoms with Crippen molar-refractivity contribution in [2.24, 2.45) is 0 Å². The summed E-state index contributed by atoms with van der Waals surface area (Å²) in [5, 5.41) is -0.282. The molecule has 0 bridgehead atoms. The zero-order chi connectivity index (χ0) is 11.6.